The maximum absolute atomic E-state index is 11.8. The van der Waals surface area contributed by atoms with Gasteiger partial charge in [0.1, 0.15) is 0 Å². The van der Waals surface area contributed by atoms with Crippen LogP contribution in [0.3, 0.4) is 0 Å². The first-order valence-electron chi connectivity index (χ1n) is 2.64. The van der Waals surface area contributed by atoms with Crippen molar-refractivity contribution >= 4 is 23.1 Å². The molecule has 1 aromatic rings. The van der Waals surface area contributed by atoms with Crippen LogP contribution in [0.1, 0.15) is 5.56 Å². The number of hydrogen-bond acceptors (Lipinski definition) is 0. The first-order chi connectivity index (χ1) is 4.61. The monoisotopic (exact) mass is 204 g/mol. The molecule has 0 aliphatic heterocycles. The molecule has 0 atom stereocenters. The van der Waals surface area contributed by atoms with Gasteiger partial charge in [-0.3, -0.25) is 0 Å². The Morgan fingerprint density at radius 3 is 2.00 bits per heavy atom. The Hall–Kier alpha value is 0.0662. The first-order valence-corrected chi connectivity index (χ1v) is 2.64. The van der Waals surface area contributed by atoms with Crippen LogP contribution in [0.25, 0.3) is 0 Å². The molecule has 12 heavy (non-hydrogen) atoms. The molecule has 0 bridgehead atoms. The summed E-state index contributed by atoms with van der Waals surface area (Å²) in [5.74, 6) is 0. The Morgan fingerprint density at radius 1 is 1.17 bits per heavy atom. The number of alkyl halides is 3. The fraction of sp³-hybridized carbons (Fsp3) is 0.143. The summed E-state index contributed by atoms with van der Waals surface area (Å²) in [7, 11) is 0. The van der Waals surface area contributed by atoms with Gasteiger partial charge in [0, 0.05) is 0 Å². The summed E-state index contributed by atoms with van der Waals surface area (Å²) in [6.45, 7) is 0. The van der Waals surface area contributed by atoms with Crippen LogP contribution in [0.5, 0.6) is 0 Å². The van der Waals surface area contributed by atoms with E-state index in [2.05, 4.69) is 6.07 Å². The summed E-state index contributed by atoms with van der Waals surface area (Å²) < 4.78 is 35.3. The van der Waals surface area contributed by atoms with Gasteiger partial charge in [-0.15, -0.1) is 0 Å². The van der Waals surface area contributed by atoms with Crippen molar-refractivity contribution in [1.82, 2.24) is 0 Å². The summed E-state index contributed by atoms with van der Waals surface area (Å²) in [6, 6.07) is 7.14. The smallest absolute Gasteiger partial charge is 1.00 e. The van der Waals surface area contributed by atoms with Gasteiger partial charge < -0.3 is 12.4 Å². The SMILES string of the molecule is FC(F)(F)c1[c-]cccc1.[Cl-].[Mg+2]. The van der Waals surface area contributed by atoms with Crippen LogP contribution in [0.2, 0.25) is 0 Å². The van der Waals surface area contributed by atoms with E-state index in [-0.39, 0.29) is 35.5 Å². The molecule has 0 unspecified atom stereocenters. The van der Waals surface area contributed by atoms with E-state index in [9.17, 15) is 13.2 Å². The predicted octanol–water partition coefficient (Wildman–Crippen LogP) is -0.871. The molecule has 62 valence electrons. The normalized spacial score (nSPS) is 9.58. The fourth-order valence-electron chi connectivity index (χ4n) is 0.570. The Morgan fingerprint density at radius 2 is 1.75 bits per heavy atom. The molecule has 0 fully saturated rings. The summed E-state index contributed by atoms with van der Waals surface area (Å²) in [5, 5.41) is 0. The van der Waals surface area contributed by atoms with Crippen LogP contribution in [0.15, 0.2) is 24.3 Å². The van der Waals surface area contributed by atoms with Crippen LogP contribution < -0.4 is 12.4 Å². The van der Waals surface area contributed by atoms with E-state index in [0.717, 1.165) is 6.07 Å². The molecular weight excluding hydrogens is 201 g/mol. The molecule has 0 saturated heterocycles. The third kappa shape index (κ3) is 4.18. The minimum absolute atomic E-state index is 0. The van der Waals surface area contributed by atoms with E-state index in [1.165, 1.54) is 18.2 Å². The second kappa shape index (κ2) is 5.67. The van der Waals surface area contributed by atoms with Gasteiger partial charge in [-0.05, 0) is 0 Å². The number of rotatable bonds is 0. The maximum atomic E-state index is 11.8. The molecule has 1 rings (SSSR count). The molecule has 5 heteroatoms. The van der Waals surface area contributed by atoms with Crippen molar-refractivity contribution in [2.24, 2.45) is 0 Å². The maximum Gasteiger partial charge on any atom is 2.00 e. The number of benzene rings is 1. The Balaban J connectivity index is 0. The van der Waals surface area contributed by atoms with Gasteiger partial charge in [0.2, 0.25) is 0 Å². The van der Waals surface area contributed by atoms with E-state index in [0.29, 0.717) is 0 Å². The minimum atomic E-state index is -4.26. The minimum Gasteiger partial charge on any atom is -1.00 e. The zero-order valence-electron chi connectivity index (χ0n) is 6.03. The summed E-state index contributed by atoms with van der Waals surface area (Å²) in [6.07, 6.45) is -4.26. The summed E-state index contributed by atoms with van der Waals surface area (Å²) >= 11 is 0. The Kier molecular flexibility index (Phi) is 6.89. The van der Waals surface area contributed by atoms with Crippen LogP contribution in [-0.2, 0) is 6.18 Å². The molecular formula is C7H4ClF3Mg. The zero-order valence-corrected chi connectivity index (χ0v) is 8.20. The van der Waals surface area contributed by atoms with Crippen molar-refractivity contribution in [2.75, 3.05) is 0 Å². The van der Waals surface area contributed by atoms with Gasteiger partial charge in [0.15, 0.2) is 0 Å². The number of hydrogen-bond donors (Lipinski definition) is 0. The molecule has 0 N–H and O–H groups in total. The van der Waals surface area contributed by atoms with Crippen LogP contribution >= 0.6 is 0 Å². The van der Waals surface area contributed by atoms with Gasteiger partial charge in [-0.1, -0.05) is 5.56 Å². The van der Waals surface area contributed by atoms with E-state index >= 15 is 0 Å². The topological polar surface area (TPSA) is 0 Å². The van der Waals surface area contributed by atoms with Crippen molar-refractivity contribution in [3.8, 4) is 0 Å². The molecule has 0 spiro atoms. The van der Waals surface area contributed by atoms with Gasteiger partial charge in [-0.2, -0.15) is 43.5 Å². The van der Waals surface area contributed by atoms with Crippen molar-refractivity contribution in [2.45, 2.75) is 6.18 Å². The molecule has 0 aliphatic rings. The van der Waals surface area contributed by atoms with Crippen LogP contribution in [-0.4, -0.2) is 23.1 Å². The van der Waals surface area contributed by atoms with Crippen molar-refractivity contribution in [1.29, 1.82) is 0 Å². The number of halogens is 4. The second-order valence-electron chi connectivity index (χ2n) is 1.77. The molecule has 0 aromatic heterocycles. The van der Waals surface area contributed by atoms with Gasteiger partial charge >= 0.3 is 29.2 Å². The average Bonchev–Trinajstić information content (AvgIpc) is 1.88. The summed E-state index contributed by atoms with van der Waals surface area (Å²) in [4.78, 5) is 0. The van der Waals surface area contributed by atoms with Gasteiger partial charge in [0.25, 0.3) is 0 Å². The van der Waals surface area contributed by atoms with Crippen molar-refractivity contribution < 1.29 is 25.6 Å². The molecule has 1 aromatic carbocycles. The van der Waals surface area contributed by atoms with E-state index in [1.807, 2.05) is 0 Å². The van der Waals surface area contributed by atoms with Crippen LogP contribution in [0, 0.1) is 6.07 Å². The predicted molar refractivity (Wildman–Crippen MR) is 36.0 cm³/mol. The largest absolute Gasteiger partial charge is 2.00 e. The van der Waals surface area contributed by atoms with E-state index in [4.69, 9.17) is 0 Å². The molecule has 0 heterocycles. The Bertz CT molecular complexity index is 210. The molecule has 0 saturated carbocycles. The third-order valence-electron chi connectivity index (χ3n) is 1.01. The molecule has 0 nitrogen and oxygen atoms in total. The molecule has 0 amide bonds. The van der Waals surface area contributed by atoms with Gasteiger partial charge in [-0.25, -0.2) is 0 Å². The standard InChI is InChI=1S/C7H4F3.ClH.Mg/c8-7(9,10)6-4-2-1-3-5-6;;/h1-4H;1H;/q-1;;+2/p-1. The fourth-order valence-corrected chi connectivity index (χ4v) is 0.570. The van der Waals surface area contributed by atoms with Gasteiger partial charge in [0.05, 0.1) is 0 Å². The molecule has 0 aliphatic carbocycles. The third-order valence-corrected chi connectivity index (χ3v) is 1.01. The van der Waals surface area contributed by atoms with Crippen molar-refractivity contribution in [3.05, 3.63) is 35.9 Å². The van der Waals surface area contributed by atoms with E-state index < -0.39 is 11.7 Å². The second-order valence-corrected chi connectivity index (χ2v) is 1.77. The average molecular weight is 205 g/mol. The molecule has 0 radical (unpaired) electrons. The Labute approximate surface area is 90.7 Å². The quantitative estimate of drug-likeness (QED) is 0.381. The van der Waals surface area contributed by atoms with Crippen molar-refractivity contribution in [3.63, 3.8) is 0 Å². The van der Waals surface area contributed by atoms with Crippen LogP contribution in [0.4, 0.5) is 13.2 Å². The zero-order chi connectivity index (χ0) is 7.61. The first kappa shape index (κ1) is 14.6. The van der Waals surface area contributed by atoms with E-state index in [1.54, 1.807) is 0 Å². The summed E-state index contributed by atoms with van der Waals surface area (Å²) in [5.41, 5.74) is -0.727.